The van der Waals surface area contributed by atoms with E-state index in [1.54, 1.807) is 12.1 Å². The molecule has 1 aromatic carbocycles. The summed E-state index contributed by atoms with van der Waals surface area (Å²) in [5, 5.41) is 0. The number of benzene rings is 1. The zero-order chi connectivity index (χ0) is 33.3. The largest absolute Gasteiger partial charge is 0.465 e. The highest BCUT2D eigenvalue weighted by Crippen LogP contribution is 2.32. The van der Waals surface area contributed by atoms with Crippen LogP contribution in [0.3, 0.4) is 0 Å². The van der Waals surface area contributed by atoms with Crippen LogP contribution in [-0.4, -0.2) is 68.9 Å². The molecule has 0 radical (unpaired) electrons. The minimum atomic E-state index is -0.579. The molecular formula is C34H42O12. The van der Waals surface area contributed by atoms with Gasteiger partial charge in [0.15, 0.2) is 0 Å². The maximum absolute atomic E-state index is 12.7. The first-order valence-electron chi connectivity index (χ1n) is 15.6. The van der Waals surface area contributed by atoms with E-state index >= 15 is 0 Å². The molecule has 2 aliphatic carbocycles. The van der Waals surface area contributed by atoms with Crippen molar-refractivity contribution in [2.45, 2.75) is 57.8 Å². The van der Waals surface area contributed by atoms with E-state index in [2.05, 4.69) is 13.2 Å². The van der Waals surface area contributed by atoms with E-state index in [1.165, 1.54) is 0 Å². The average molecular weight is 643 g/mol. The molecule has 3 rings (SSSR count). The Bertz CT molecular complexity index is 1220. The summed E-state index contributed by atoms with van der Waals surface area (Å²) in [5.41, 5.74) is 0.913. The molecule has 0 atom stereocenters. The molecule has 12 heteroatoms. The molecule has 250 valence electrons. The second kappa shape index (κ2) is 19.1. The molecule has 0 aliphatic heterocycles. The molecular weight excluding hydrogens is 600 g/mol. The molecule has 2 saturated carbocycles. The molecule has 1 aromatic rings. The lowest BCUT2D eigenvalue weighted by molar-refractivity contribution is -0.157. The van der Waals surface area contributed by atoms with Crippen molar-refractivity contribution < 1.29 is 57.2 Å². The third-order valence-electron chi connectivity index (χ3n) is 8.04. The van der Waals surface area contributed by atoms with Gasteiger partial charge in [0.05, 0.1) is 30.3 Å². The van der Waals surface area contributed by atoms with E-state index < -0.39 is 11.9 Å². The summed E-state index contributed by atoms with van der Waals surface area (Å²) in [5.74, 6) is -3.28. The van der Waals surface area contributed by atoms with Gasteiger partial charge >= 0.3 is 35.8 Å². The van der Waals surface area contributed by atoms with Gasteiger partial charge < -0.3 is 28.4 Å². The first-order chi connectivity index (χ1) is 22.2. The Morgan fingerprint density at radius 1 is 0.522 bits per heavy atom. The molecule has 0 saturated heterocycles. The van der Waals surface area contributed by atoms with Crippen molar-refractivity contribution >= 4 is 35.8 Å². The third-order valence-corrected chi connectivity index (χ3v) is 8.04. The zero-order valence-electron chi connectivity index (χ0n) is 26.0. The lowest BCUT2D eigenvalue weighted by Crippen LogP contribution is -2.30. The number of ether oxygens (including phenoxy) is 6. The number of hydrogen-bond donors (Lipinski definition) is 0. The maximum atomic E-state index is 12.7. The predicted molar refractivity (Wildman–Crippen MR) is 162 cm³/mol. The smallest absolute Gasteiger partial charge is 0.330 e. The second-order valence-electron chi connectivity index (χ2n) is 11.2. The Kier molecular flexibility index (Phi) is 15.0. The van der Waals surface area contributed by atoms with Gasteiger partial charge in [0.1, 0.15) is 32.2 Å². The van der Waals surface area contributed by atoms with Crippen molar-refractivity contribution in [2.75, 3.05) is 33.0 Å². The van der Waals surface area contributed by atoms with Crippen molar-refractivity contribution in [1.29, 1.82) is 0 Å². The summed E-state index contributed by atoms with van der Waals surface area (Å²) >= 11 is 0. The zero-order valence-corrected chi connectivity index (χ0v) is 26.0. The van der Waals surface area contributed by atoms with Crippen molar-refractivity contribution in [3.63, 3.8) is 0 Å². The van der Waals surface area contributed by atoms with Crippen molar-refractivity contribution in [3.05, 3.63) is 55.1 Å². The molecule has 0 N–H and O–H groups in total. The van der Waals surface area contributed by atoms with Crippen LogP contribution >= 0.6 is 0 Å². The minimum absolute atomic E-state index is 0.0225. The predicted octanol–water partition coefficient (Wildman–Crippen LogP) is 3.84. The molecule has 2 fully saturated rings. The van der Waals surface area contributed by atoms with E-state index in [4.69, 9.17) is 28.4 Å². The Morgan fingerprint density at radius 2 is 0.870 bits per heavy atom. The van der Waals surface area contributed by atoms with Gasteiger partial charge in [-0.25, -0.2) is 9.59 Å². The lowest BCUT2D eigenvalue weighted by Gasteiger charge is -2.26. The summed E-state index contributed by atoms with van der Waals surface area (Å²) in [6, 6.07) is 7.01. The van der Waals surface area contributed by atoms with Crippen LogP contribution in [-0.2, 0) is 58.9 Å². The van der Waals surface area contributed by atoms with Crippen molar-refractivity contribution in [3.8, 4) is 5.75 Å². The molecule has 0 amide bonds. The fourth-order valence-electron chi connectivity index (χ4n) is 5.36. The SMILES string of the molecule is C=CC(=O)OCCOC(=O)C1CCC(C(=O)OCCc2ccc(OC(=O)C3CCC(C(=O)OCCOC(=O)C=C)CC3)cc2)CC1. The van der Waals surface area contributed by atoms with Crippen LogP contribution in [0.2, 0.25) is 0 Å². The second-order valence-corrected chi connectivity index (χ2v) is 11.2. The number of carbonyl (C=O) groups is 6. The van der Waals surface area contributed by atoms with Crippen LogP contribution < -0.4 is 4.74 Å². The van der Waals surface area contributed by atoms with Gasteiger partial charge in [-0.3, -0.25) is 19.2 Å². The van der Waals surface area contributed by atoms with E-state index in [0.29, 0.717) is 63.5 Å². The Labute approximate surface area is 268 Å². The third kappa shape index (κ3) is 12.1. The fraction of sp³-hybridized carbons (Fsp3) is 0.529. The van der Waals surface area contributed by atoms with E-state index in [9.17, 15) is 28.8 Å². The van der Waals surface area contributed by atoms with Crippen molar-refractivity contribution in [2.24, 2.45) is 23.7 Å². The van der Waals surface area contributed by atoms with Gasteiger partial charge in [-0.05, 0) is 69.1 Å². The molecule has 0 aromatic heterocycles. The average Bonchev–Trinajstić information content (AvgIpc) is 3.08. The summed E-state index contributed by atoms with van der Waals surface area (Å²) in [4.78, 5) is 71.7. The topological polar surface area (TPSA) is 158 Å². The van der Waals surface area contributed by atoms with Crippen LogP contribution in [0.15, 0.2) is 49.6 Å². The first-order valence-corrected chi connectivity index (χ1v) is 15.6. The van der Waals surface area contributed by atoms with Crippen LogP contribution in [0.1, 0.15) is 56.9 Å². The van der Waals surface area contributed by atoms with Gasteiger partial charge in [-0.2, -0.15) is 0 Å². The number of esters is 6. The van der Waals surface area contributed by atoms with Gasteiger partial charge in [-0.15, -0.1) is 0 Å². The summed E-state index contributed by atoms with van der Waals surface area (Å²) in [6.45, 7) is 6.67. The molecule has 0 heterocycles. The van der Waals surface area contributed by atoms with Crippen LogP contribution in [0.5, 0.6) is 5.75 Å². The molecule has 0 unspecified atom stereocenters. The van der Waals surface area contributed by atoms with E-state index in [-0.39, 0.29) is 80.6 Å². The number of carbonyl (C=O) groups excluding carboxylic acids is 6. The molecule has 12 nitrogen and oxygen atoms in total. The maximum Gasteiger partial charge on any atom is 0.330 e. The van der Waals surface area contributed by atoms with E-state index in [0.717, 1.165) is 17.7 Å². The molecule has 2 aliphatic rings. The highest BCUT2D eigenvalue weighted by atomic mass is 16.6. The van der Waals surface area contributed by atoms with Crippen LogP contribution in [0, 0.1) is 23.7 Å². The summed E-state index contributed by atoms with van der Waals surface area (Å²) in [7, 11) is 0. The lowest BCUT2D eigenvalue weighted by atomic mass is 9.82. The summed E-state index contributed by atoms with van der Waals surface area (Å²) in [6.07, 6.45) is 6.71. The Balaban J connectivity index is 1.28. The standard InChI is InChI=1S/C34H42O12/c1-3-29(35)41-19-21-44-32(38)25-9-7-24(8-10-25)31(37)43-18-17-23-5-15-28(16-6-23)46-34(40)27-13-11-26(12-14-27)33(39)45-22-20-42-30(36)4-2/h3-6,15-16,24-27H,1-2,7-14,17-22H2. The molecule has 46 heavy (non-hydrogen) atoms. The molecule has 0 bridgehead atoms. The van der Waals surface area contributed by atoms with Crippen LogP contribution in [0.25, 0.3) is 0 Å². The fourth-order valence-corrected chi connectivity index (χ4v) is 5.36. The van der Waals surface area contributed by atoms with Crippen LogP contribution in [0.4, 0.5) is 0 Å². The quantitative estimate of drug-likeness (QED) is 0.0845. The minimum Gasteiger partial charge on any atom is -0.465 e. The Morgan fingerprint density at radius 3 is 1.26 bits per heavy atom. The van der Waals surface area contributed by atoms with Gasteiger partial charge in [-0.1, -0.05) is 25.3 Å². The molecule has 0 spiro atoms. The summed E-state index contributed by atoms with van der Waals surface area (Å²) < 4.78 is 30.9. The first kappa shape index (κ1) is 36.0. The number of hydrogen-bond acceptors (Lipinski definition) is 12. The Hall–Kier alpha value is -4.48. The van der Waals surface area contributed by atoms with Gasteiger partial charge in [0.2, 0.25) is 0 Å². The highest BCUT2D eigenvalue weighted by Gasteiger charge is 2.33. The number of rotatable bonds is 16. The van der Waals surface area contributed by atoms with Gasteiger partial charge in [0.25, 0.3) is 0 Å². The van der Waals surface area contributed by atoms with E-state index in [1.807, 2.05) is 12.1 Å². The highest BCUT2D eigenvalue weighted by molar-refractivity contribution is 5.81. The normalized spacial score (nSPS) is 20.7. The van der Waals surface area contributed by atoms with Crippen molar-refractivity contribution in [1.82, 2.24) is 0 Å². The van der Waals surface area contributed by atoms with Gasteiger partial charge in [0, 0.05) is 18.6 Å². The monoisotopic (exact) mass is 642 g/mol.